The summed E-state index contributed by atoms with van der Waals surface area (Å²) in [6.07, 6.45) is 3.63. The maximum absolute atomic E-state index is 12.5. The molecule has 6 nitrogen and oxygen atoms in total. The standard InChI is InChI=1S/C15H25N3O3/c1-11(15(20-2)21-3)17-14(19)13-5-4-10-18(13)12-6-8-16-9-7-12/h4-5,10-12,15-16H,6-9H2,1-3H3,(H,17,19). The fourth-order valence-electron chi connectivity index (χ4n) is 2.84. The lowest BCUT2D eigenvalue weighted by molar-refractivity contribution is -0.117. The maximum Gasteiger partial charge on any atom is 0.268 e. The first-order valence-electron chi connectivity index (χ1n) is 7.41. The molecule has 1 aliphatic heterocycles. The van der Waals surface area contributed by atoms with Gasteiger partial charge in [-0.3, -0.25) is 4.79 Å². The number of rotatable bonds is 6. The predicted molar refractivity (Wildman–Crippen MR) is 80.3 cm³/mol. The number of aromatic nitrogens is 1. The summed E-state index contributed by atoms with van der Waals surface area (Å²) < 4.78 is 12.4. The molecule has 6 heteroatoms. The number of carbonyl (C=O) groups is 1. The minimum absolute atomic E-state index is 0.0925. The molecule has 0 aromatic carbocycles. The number of hydrogen-bond donors (Lipinski definition) is 2. The first-order valence-corrected chi connectivity index (χ1v) is 7.41. The van der Waals surface area contributed by atoms with Crippen molar-refractivity contribution >= 4 is 5.91 Å². The fourth-order valence-corrected chi connectivity index (χ4v) is 2.84. The van der Waals surface area contributed by atoms with Gasteiger partial charge in [0.05, 0.1) is 6.04 Å². The minimum atomic E-state index is -0.448. The molecule has 0 saturated carbocycles. The van der Waals surface area contributed by atoms with E-state index in [9.17, 15) is 4.79 Å². The lowest BCUT2D eigenvalue weighted by Crippen LogP contribution is -2.43. The zero-order valence-electron chi connectivity index (χ0n) is 13.0. The minimum Gasteiger partial charge on any atom is -0.354 e. The summed E-state index contributed by atoms with van der Waals surface area (Å²) in [6.45, 7) is 3.86. The highest BCUT2D eigenvalue weighted by Gasteiger charge is 2.23. The maximum atomic E-state index is 12.5. The molecule has 1 fully saturated rings. The van der Waals surface area contributed by atoms with Crippen molar-refractivity contribution in [1.29, 1.82) is 0 Å². The van der Waals surface area contributed by atoms with Crippen molar-refractivity contribution in [1.82, 2.24) is 15.2 Å². The van der Waals surface area contributed by atoms with E-state index in [0.29, 0.717) is 11.7 Å². The Balaban J connectivity index is 2.04. The van der Waals surface area contributed by atoms with Crippen LogP contribution in [0.2, 0.25) is 0 Å². The topological polar surface area (TPSA) is 64.5 Å². The molecule has 1 saturated heterocycles. The summed E-state index contributed by atoms with van der Waals surface area (Å²) in [5.41, 5.74) is 0.694. The van der Waals surface area contributed by atoms with Gasteiger partial charge < -0.3 is 24.7 Å². The van der Waals surface area contributed by atoms with Gasteiger partial charge in [0.25, 0.3) is 5.91 Å². The molecule has 0 aliphatic carbocycles. The zero-order chi connectivity index (χ0) is 15.2. The Labute approximate surface area is 125 Å². The number of nitrogens with one attached hydrogen (secondary N) is 2. The Morgan fingerprint density at radius 1 is 1.38 bits per heavy atom. The molecule has 0 spiro atoms. The molecule has 1 unspecified atom stereocenters. The first-order chi connectivity index (χ1) is 10.2. The number of carbonyl (C=O) groups excluding carboxylic acids is 1. The van der Waals surface area contributed by atoms with Gasteiger partial charge in [-0.15, -0.1) is 0 Å². The largest absolute Gasteiger partial charge is 0.354 e. The molecule has 21 heavy (non-hydrogen) atoms. The Hall–Kier alpha value is -1.37. The predicted octanol–water partition coefficient (Wildman–Crippen LogP) is 1.15. The van der Waals surface area contributed by atoms with Crippen LogP contribution in [0.3, 0.4) is 0 Å². The average Bonchev–Trinajstić information content (AvgIpc) is 2.99. The van der Waals surface area contributed by atoms with Crippen LogP contribution in [-0.4, -0.2) is 50.1 Å². The number of piperidine rings is 1. The molecule has 2 rings (SSSR count). The normalized spacial score (nSPS) is 17.9. The van der Waals surface area contributed by atoms with Crippen molar-refractivity contribution in [2.45, 2.75) is 38.1 Å². The van der Waals surface area contributed by atoms with Gasteiger partial charge in [0.1, 0.15) is 5.69 Å². The number of nitrogens with zero attached hydrogens (tertiary/aromatic N) is 1. The summed E-state index contributed by atoms with van der Waals surface area (Å²) in [6, 6.07) is 3.95. The van der Waals surface area contributed by atoms with E-state index in [0.717, 1.165) is 25.9 Å². The number of methoxy groups -OCH3 is 2. The fraction of sp³-hybridized carbons (Fsp3) is 0.667. The van der Waals surface area contributed by atoms with Gasteiger partial charge in [-0.05, 0) is 45.0 Å². The second-order valence-corrected chi connectivity index (χ2v) is 5.38. The van der Waals surface area contributed by atoms with Gasteiger partial charge >= 0.3 is 0 Å². The van der Waals surface area contributed by atoms with E-state index in [1.54, 1.807) is 14.2 Å². The Morgan fingerprint density at radius 3 is 2.67 bits per heavy atom. The molecule has 2 heterocycles. The molecule has 1 aromatic rings. The summed E-state index contributed by atoms with van der Waals surface area (Å²) in [4.78, 5) is 12.5. The summed E-state index contributed by atoms with van der Waals surface area (Å²) in [5, 5.41) is 6.28. The van der Waals surface area contributed by atoms with Crippen molar-refractivity contribution in [2.24, 2.45) is 0 Å². The molecule has 1 atom stereocenters. The van der Waals surface area contributed by atoms with Crippen molar-refractivity contribution < 1.29 is 14.3 Å². The molecular formula is C15H25N3O3. The van der Waals surface area contributed by atoms with Crippen LogP contribution in [0.5, 0.6) is 0 Å². The highest BCUT2D eigenvalue weighted by Crippen LogP contribution is 2.21. The first kappa shape index (κ1) is 16.0. The Kier molecular flexibility index (Phi) is 5.78. The summed E-state index contributed by atoms with van der Waals surface area (Å²) in [7, 11) is 3.13. The van der Waals surface area contributed by atoms with Crippen molar-refractivity contribution in [3.63, 3.8) is 0 Å². The molecule has 2 N–H and O–H groups in total. The van der Waals surface area contributed by atoms with Crippen LogP contribution in [0.1, 0.15) is 36.3 Å². The lowest BCUT2D eigenvalue weighted by Gasteiger charge is -2.27. The molecule has 0 bridgehead atoms. The third-order valence-corrected chi connectivity index (χ3v) is 3.95. The average molecular weight is 295 g/mol. The third kappa shape index (κ3) is 3.84. The second kappa shape index (κ2) is 7.59. The van der Waals surface area contributed by atoms with Crippen LogP contribution >= 0.6 is 0 Å². The van der Waals surface area contributed by atoms with E-state index in [1.807, 2.05) is 25.3 Å². The van der Waals surface area contributed by atoms with Crippen molar-refractivity contribution in [2.75, 3.05) is 27.3 Å². The SMILES string of the molecule is COC(OC)C(C)NC(=O)c1cccn1C1CCNCC1. The monoisotopic (exact) mass is 295 g/mol. The molecule has 118 valence electrons. The van der Waals surface area contributed by atoms with Crippen molar-refractivity contribution in [3.8, 4) is 0 Å². The van der Waals surface area contributed by atoms with E-state index in [-0.39, 0.29) is 11.9 Å². The van der Waals surface area contributed by atoms with Crippen LogP contribution in [0.25, 0.3) is 0 Å². The van der Waals surface area contributed by atoms with Gasteiger partial charge in [-0.1, -0.05) is 0 Å². The Morgan fingerprint density at radius 2 is 2.05 bits per heavy atom. The number of hydrogen-bond acceptors (Lipinski definition) is 4. The van der Waals surface area contributed by atoms with Gasteiger partial charge in [0.15, 0.2) is 6.29 Å². The number of amides is 1. The van der Waals surface area contributed by atoms with Crippen LogP contribution in [-0.2, 0) is 9.47 Å². The smallest absolute Gasteiger partial charge is 0.268 e. The lowest BCUT2D eigenvalue weighted by atomic mass is 10.1. The van der Waals surface area contributed by atoms with Gasteiger partial charge in [0.2, 0.25) is 0 Å². The molecule has 0 radical (unpaired) electrons. The van der Waals surface area contributed by atoms with E-state index in [4.69, 9.17) is 9.47 Å². The van der Waals surface area contributed by atoms with E-state index >= 15 is 0 Å². The molecule has 1 aliphatic rings. The van der Waals surface area contributed by atoms with Crippen LogP contribution in [0.4, 0.5) is 0 Å². The quantitative estimate of drug-likeness (QED) is 0.773. The second-order valence-electron chi connectivity index (χ2n) is 5.38. The Bertz CT molecular complexity index is 451. The van der Waals surface area contributed by atoms with Crippen LogP contribution in [0, 0.1) is 0 Å². The van der Waals surface area contributed by atoms with E-state index in [1.165, 1.54) is 0 Å². The summed E-state index contributed by atoms with van der Waals surface area (Å²) in [5.74, 6) is -0.0925. The van der Waals surface area contributed by atoms with Crippen LogP contribution in [0.15, 0.2) is 18.3 Å². The summed E-state index contributed by atoms with van der Waals surface area (Å²) >= 11 is 0. The highest BCUT2D eigenvalue weighted by molar-refractivity contribution is 5.93. The molecular weight excluding hydrogens is 270 g/mol. The van der Waals surface area contributed by atoms with Gasteiger partial charge in [-0.2, -0.15) is 0 Å². The highest BCUT2D eigenvalue weighted by atomic mass is 16.7. The van der Waals surface area contributed by atoms with Crippen LogP contribution < -0.4 is 10.6 Å². The number of ether oxygens (including phenoxy) is 2. The van der Waals surface area contributed by atoms with E-state index in [2.05, 4.69) is 15.2 Å². The van der Waals surface area contributed by atoms with Gasteiger partial charge in [0, 0.05) is 26.5 Å². The molecule has 1 amide bonds. The van der Waals surface area contributed by atoms with Gasteiger partial charge in [-0.25, -0.2) is 0 Å². The zero-order valence-corrected chi connectivity index (χ0v) is 13.0. The van der Waals surface area contributed by atoms with Crippen molar-refractivity contribution in [3.05, 3.63) is 24.0 Å². The molecule has 1 aromatic heterocycles. The van der Waals surface area contributed by atoms with E-state index < -0.39 is 6.29 Å². The third-order valence-electron chi connectivity index (χ3n) is 3.95.